The molecule has 0 aliphatic heterocycles. The van der Waals surface area contributed by atoms with Crippen molar-refractivity contribution in [2.45, 2.75) is 6.42 Å². The number of hydrogen-bond acceptors (Lipinski definition) is 8. The minimum absolute atomic E-state index is 0.0234. The molecule has 2 aliphatic rings. The normalized spacial score (nSPS) is 12.0. The van der Waals surface area contributed by atoms with Crippen molar-refractivity contribution < 1.29 is 33.9 Å². The van der Waals surface area contributed by atoms with Gasteiger partial charge in [-0.25, -0.2) is 0 Å². The van der Waals surface area contributed by atoms with Gasteiger partial charge in [-0.3, -0.25) is 14.4 Å². The first-order valence-electron chi connectivity index (χ1n) is 16.1. The zero-order valence-electron chi connectivity index (χ0n) is 27.5. The molecule has 0 radical (unpaired) electrons. The molecule has 11 heteroatoms. The first-order valence-corrected chi connectivity index (χ1v) is 16.5. The summed E-state index contributed by atoms with van der Waals surface area (Å²) in [4.78, 5) is 46.9. The van der Waals surface area contributed by atoms with Crippen LogP contribution in [-0.4, -0.2) is 46.9 Å². The molecule has 0 unspecified atom stereocenters. The van der Waals surface area contributed by atoms with Crippen LogP contribution in [0.25, 0.3) is 33.7 Å². The fourth-order valence-corrected chi connectivity index (χ4v) is 6.24. The first-order chi connectivity index (χ1) is 25.0. The third-order valence-corrected chi connectivity index (χ3v) is 9.00. The summed E-state index contributed by atoms with van der Waals surface area (Å²) in [6.45, 7) is 0. The summed E-state index contributed by atoms with van der Waals surface area (Å²) >= 11 is 5.17. The smallest absolute Gasteiger partial charge is 0.423 e. The predicted octanol–water partition coefficient (Wildman–Crippen LogP) is 5.53. The van der Waals surface area contributed by atoms with Crippen LogP contribution in [0.5, 0.6) is 0 Å². The van der Waals surface area contributed by atoms with Crippen molar-refractivity contribution in [2.24, 2.45) is 0 Å². The second-order valence-corrected chi connectivity index (χ2v) is 12.4. The minimum atomic E-state index is -1.55. The van der Waals surface area contributed by atoms with Gasteiger partial charge in [0.15, 0.2) is 17.3 Å². The minimum Gasteiger partial charge on any atom is -0.423 e. The first kappa shape index (κ1) is 35.8. The van der Waals surface area contributed by atoms with Gasteiger partial charge in [0.05, 0.1) is 0 Å². The molecule has 0 fully saturated rings. The Morgan fingerprint density at radius 3 is 1.75 bits per heavy atom. The largest absolute Gasteiger partial charge is 0.488 e. The second-order valence-electron chi connectivity index (χ2n) is 12.0. The van der Waals surface area contributed by atoms with E-state index in [-0.39, 0.29) is 23.8 Å². The Labute approximate surface area is 304 Å². The Morgan fingerprint density at radius 1 is 0.654 bits per heavy atom. The molecule has 0 heterocycles. The SMILES string of the molecule is Nc1ccc2c3c(cccc13)C(=O)C=C2.O=Bc1ccc(C(=O)Cl)cc1.O=C(Cc1ccc2c3c(cccc13)C(=O)C=C2)c1ccc(B(O)O)cc1. The number of benzene rings is 6. The Kier molecular flexibility index (Phi) is 10.6. The number of carbonyl (C=O) groups excluding carboxylic acids is 4. The van der Waals surface area contributed by atoms with Gasteiger partial charge in [0, 0.05) is 45.0 Å². The van der Waals surface area contributed by atoms with E-state index in [0.29, 0.717) is 34.8 Å². The van der Waals surface area contributed by atoms with Gasteiger partial charge in [0.2, 0.25) is 0 Å². The van der Waals surface area contributed by atoms with Gasteiger partial charge in [-0.1, -0.05) is 91.0 Å². The van der Waals surface area contributed by atoms with Gasteiger partial charge in [-0.15, -0.1) is 0 Å². The molecule has 4 N–H and O–H groups in total. The number of ketones is 3. The summed E-state index contributed by atoms with van der Waals surface area (Å²) in [6, 6.07) is 31.3. The van der Waals surface area contributed by atoms with Gasteiger partial charge in [0.1, 0.15) is 0 Å². The van der Waals surface area contributed by atoms with Crippen LogP contribution in [0.3, 0.4) is 0 Å². The molecular formula is C41H28B2ClNO7. The van der Waals surface area contributed by atoms with E-state index in [9.17, 15) is 23.9 Å². The van der Waals surface area contributed by atoms with E-state index in [4.69, 9.17) is 27.4 Å². The Balaban J connectivity index is 0.000000150. The van der Waals surface area contributed by atoms with Crippen molar-refractivity contribution in [3.05, 3.63) is 160 Å². The molecule has 8 rings (SSSR count). The summed E-state index contributed by atoms with van der Waals surface area (Å²) in [6.07, 6.45) is 7.03. The maximum absolute atomic E-state index is 12.7. The van der Waals surface area contributed by atoms with E-state index in [0.717, 1.165) is 49.5 Å². The summed E-state index contributed by atoms with van der Waals surface area (Å²) < 4.78 is 10.2. The fraction of sp³-hybridized carbons (Fsp3) is 0.0244. The number of hydrogen-bond donors (Lipinski definition) is 3. The average Bonchev–Trinajstić information content (AvgIpc) is 3.17. The van der Waals surface area contributed by atoms with Crippen molar-refractivity contribution >= 4 is 98.8 Å². The molecule has 0 amide bonds. The number of carbonyl (C=O) groups is 4. The Morgan fingerprint density at radius 2 is 1.19 bits per heavy atom. The number of nitrogen functional groups attached to an aromatic ring is 1. The maximum Gasteiger partial charge on any atom is 0.488 e. The molecule has 0 spiro atoms. The quantitative estimate of drug-likeness (QED) is 0.0888. The van der Waals surface area contributed by atoms with E-state index in [1.54, 1.807) is 36.4 Å². The van der Waals surface area contributed by atoms with Gasteiger partial charge in [0.25, 0.3) is 0 Å². The topological polar surface area (TPSA) is 152 Å². The van der Waals surface area contributed by atoms with Crippen LogP contribution in [0.1, 0.15) is 58.1 Å². The number of anilines is 1. The number of nitrogens with two attached hydrogens (primary N) is 1. The third kappa shape index (κ3) is 7.50. The predicted molar refractivity (Wildman–Crippen MR) is 206 cm³/mol. The zero-order chi connectivity index (χ0) is 36.9. The van der Waals surface area contributed by atoms with Crippen LogP contribution >= 0.6 is 11.6 Å². The van der Waals surface area contributed by atoms with Crippen molar-refractivity contribution in [1.29, 1.82) is 0 Å². The van der Waals surface area contributed by atoms with Gasteiger partial charge >= 0.3 is 75.9 Å². The van der Waals surface area contributed by atoms with Crippen LogP contribution in [0, 0.1) is 0 Å². The van der Waals surface area contributed by atoms with Gasteiger partial charge < -0.3 is 15.8 Å². The monoisotopic (exact) mass is 703 g/mol. The summed E-state index contributed by atoms with van der Waals surface area (Å²) in [5, 5.41) is 21.5. The van der Waals surface area contributed by atoms with Crippen LogP contribution in [0.2, 0.25) is 0 Å². The van der Waals surface area contributed by atoms with Crippen molar-refractivity contribution in [3.8, 4) is 0 Å². The van der Waals surface area contributed by atoms with Crippen LogP contribution < -0.4 is 16.7 Å². The van der Waals surface area contributed by atoms with Crippen molar-refractivity contribution in [2.75, 3.05) is 5.73 Å². The molecule has 6 aromatic rings. The molecule has 0 bridgehead atoms. The summed E-state index contributed by atoms with van der Waals surface area (Å²) in [5.74, 6) is -0.0363. The van der Waals surface area contributed by atoms with Crippen LogP contribution in [0.4, 0.5) is 5.69 Å². The average molecular weight is 704 g/mol. The summed E-state index contributed by atoms with van der Waals surface area (Å²) in [7, 11) is -0.840. The molecule has 0 saturated carbocycles. The molecule has 252 valence electrons. The second kappa shape index (κ2) is 15.4. The van der Waals surface area contributed by atoms with Gasteiger partial charge in [-0.05, 0) is 45.8 Å². The molecule has 0 saturated heterocycles. The maximum atomic E-state index is 12.7. The summed E-state index contributed by atoms with van der Waals surface area (Å²) in [5.41, 5.74) is 12.7. The zero-order valence-corrected chi connectivity index (χ0v) is 28.2. The van der Waals surface area contributed by atoms with E-state index < -0.39 is 12.4 Å². The number of halogens is 1. The van der Waals surface area contributed by atoms with E-state index in [2.05, 4.69) is 0 Å². The van der Waals surface area contributed by atoms with Crippen LogP contribution in [-0.2, 0) is 11.1 Å². The van der Waals surface area contributed by atoms with Gasteiger partial charge in [-0.2, -0.15) is 0 Å². The third-order valence-electron chi connectivity index (χ3n) is 8.78. The number of Topliss-reactive ketones (excluding diaryl/α,β-unsaturated/α-hetero) is 1. The standard InChI is InChI=1S/C21H15BO4.C13H9NO.C7H4BClO2/c23-19-11-8-14-4-5-15(17-2-1-3-18(19)21(14)17)12-20(24)13-6-9-16(10-7-13)22(25)26;14-11-6-4-8-5-7-12(15)10-3-1-2-9(11)13(8)10;9-7(10)5-1-3-6(8-11)4-2-5/h1-11,25-26H,12H2;1-7H,14H2;1-4H. The number of allylic oxidation sites excluding steroid dienone is 2. The molecule has 0 aromatic heterocycles. The molecule has 6 aromatic carbocycles. The molecule has 8 nitrogen and oxygen atoms in total. The fourth-order valence-electron chi connectivity index (χ4n) is 6.11. The molecule has 0 atom stereocenters. The van der Waals surface area contributed by atoms with Crippen molar-refractivity contribution in [1.82, 2.24) is 0 Å². The van der Waals surface area contributed by atoms with E-state index >= 15 is 0 Å². The van der Waals surface area contributed by atoms with E-state index in [1.807, 2.05) is 72.8 Å². The van der Waals surface area contributed by atoms with Crippen molar-refractivity contribution in [3.63, 3.8) is 0 Å². The van der Waals surface area contributed by atoms with E-state index in [1.165, 1.54) is 24.3 Å². The van der Waals surface area contributed by atoms with Crippen LogP contribution in [0.15, 0.2) is 121 Å². The number of rotatable bonds is 6. The Bertz CT molecular complexity index is 2470. The molecule has 2 aliphatic carbocycles. The Hall–Kier alpha value is -6.06. The molecular weight excluding hydrogens is 676 g/mol. The molecule has 52 heavy (non-hydrogen) atoms.